The van der Waals surface area contributed by atoms with E-state index in [9.17, 15) is 0 Å². The molecule has 0 amide bonds. The summed E-state index contributed by atoms with van der Waals surface area (Å²) in [5, 5.41) is 15.9. The number of aryl methyl sites for hydroxylation is 1. The Hall–Kier alpha value is -1.59. The molecule has 1 fully saturated rings. The molecule has 0 aromatic carbocycles. The number of nitrogens with zero attached hydrogens (tertiary/aromatic N) is 4. The molecule has 1 saturated carbocycles. The third-order valence-corrected chi connectivity index (χ3v) is 5.55. The van der Waals surface area contributed by atoms with Crippen LogP contribution >= 0.6 is 0 Å². The Balaban J connectivity index is 1.58. The van der Waals surface area contributed by atoms with Gasteiger partial charge < -0.3 is 15.2 Å². The highest BCUT2D eigenvalue weighted by atomic mass is 15.3. The molecular formula is C18H32N6. The van der Waals surface area contributed by atoms with Crippen molar-refractivity contribution in [2.45, 2.75) is 77.8 Å². The van der Waals surface area contributed by atoms with E-state index in [4.69, 9.17) is 0 Å². The molecule has 1 unspecified atom stereocenters. The summed E-state index contributed by atoms with van der Waals surface area (Å²) in [5.41, 5.74) is 0.427. The smallest absolute Gasteiger partial charge is 0.191 e. The van der Waals surface area contributed by atoms with Gasteiger partial charge in [-0.05, 0) is 24.7 Å². The van der Waals surface area contributed by atoms with Crippen LogP contribution < -0.4 is 10.6 Å². The maximum Gasteiger partial charge on any atom is 0.191 e. The van der Waals surface area contributed by atoms with Crippen LogP contribution in [0, 0.1) is 5.41 Å². The van der Waals surface area contributed by atoms with Gasteiger partial charge in [0.25, 0.3) is 0 Å². The third kappa shape index (κ3) is 3.73. The minimum atomic E-state index is 0.383. The molecule has 2 heterocycles. The Morgan fingerprint density at radius 2 is 2.08 bits per heavy atom. The van der Waals surface area contributed by atoms with Crippen LogP contribution in [0.25, 0.3) is 0 Å². The molecule has 2 N–H and O–H groups in total. The minimum Gasteiger partial charge on any atom is -0.356 e. The summed E-state index contributed by atoms with van der Waals surface area (Å²) in [6.45, 7) is 8.68. The fraction of sp³-hybridized carbons (Fsp3) is 0.833. The third-order valence-electron chi connectivity index (χ3n) is 5.55. The van der Waals surface area contributed by atoms with Gasteiger partial charge in [0, 0.05) is 38.5 Å². The van der Waals surface area contributed by atoms with Crippen LogP contribution in [-0.4, -0.2) is 40.4 Å². The average molecular weight is 332 g/mol. The first-order valence-electron chi connectivity index (χ1n) is 9.40. The van der Waals surface area contributed by atoms with Crippen LogP contribution in [0.4, 0.5) is 0 Å². The van der Waals surface area contributed by atoms with E-state index in [1.54, 1.807) is 0 Å². The highest BCUT2D eigenvalue weighted by Crippen LogP contribution is 2.36. The zero-order valence-electron chi connectivity index (χ0n) is 15.6. The molecule has 1 aromatic heterocycles. The van der Waals surface area contributed by atoms with Crippen molar-refractivity contribution >= 4 is 5.96 Å². The van der Waals surface area contributed by atoms with Crippen molar-refractivity contribution in [1.82, 2.24) is 25.4 Å². The fourth-order valence-corrected chi connectivity index (χ4v) is 3.98. The quantitative estimate of drug-likeness (QED) is 0.656. The Morgan fingerprint density at radius 3 is 2.75 bits per heavy atom. The van der Waals surface area contributed by atoms with E-state index >= 15 is 0 Å². The fourth-order valence-electron chi connectivity index (χ4n) is 3.98. The highest BCUT2D eigenvalue weighted by Gasteiger charge is 2.29. The number of guanidine groups is 1. The molecule has 2 aliphatic rings. The molecule has 1 atom stereocenters. The van der Waals surface area contributed by atoms with Gasteiger partial charge in [0.15, 0.2) is 5.96 Å². The van der Waals surface area contributed by atoms with E-state index < -0.39 is 0 Å². The van der Waals surface area contributed by atoms with Gasteiger partial charge in [0.05, 0.1) is 0 Å². The van der Waals surface area contributed by atoms with Crippen molar-refractivity contribution in [2.24, 2.45) is 10.4 Å². The summed E-state index contributed by atoms with van der Waals surface area (Å²) in [7, 11) is 1.86. The predicted octanol–water partition coefficient (Wildman–Crippen LogP) is 2.46. The zero-order valence-corrected chi connectivity index (χ0v) is 15.6. The van der Waals surface area contributed by atoms with Gasteiger partial charge in [-0.25, -0.2) is 0 Å². The molecule has 1 aromatic rings. The summed E-state index contributed by atoms with van der Waals surface area (Å²) in [6.07, 6.45) is 7.42. The SMILES string of the molecule is CN=C(NCC1(C)CCCC1)NC1CCc2nnc(C(C)C)n2C1. The van der Waals surface area contributed by atoms with E-state index in [2.05, 4.69) is 51.2 Å². The van der Waals surface area contributed by atoms with Gasteiger partial charge in [0.2, 0.25) is 0 Å². The van der Waals surface area contributed by atoms with Crippen molar-refractivity contribution in [2.75, 3.05) is 13.6 Å². The number of fused-ring (bicyclic) bond motifs is 1. The number of hydrogen-bond donors (Lipinski definition) is 2. The normalized spacial score (nSPS) is 23.4. The van der Waals surface area contributed by atoms with Crippen molar-refractivity contribution in [1.29, 1.82) is 0 Å². The van der Waals surface area contributed by atoms with Crippen LogP contribution in [0.5, 0.6) is 0 Å². The van der Waals surface area contributed by atoms with E-state index in [0.29, 0.717) is 17.4 Å². The van der Waals surface area contributed by atoms with Crippen LogP contribution in [0.2, 0.25) is 0 Å². The molecule has 6 heteroatoms. The lowest BCUT2D eigenvalue weighted by atomic mass is 9.89. The molecule has 0 spiro atoms. The van der Waals surface area contributed by atoms with Crippen LogP contribution in [0.15, 0.2) is 4.99 Å². The molecule has 0 bridgehead atoms. The summed E-state index contributed by atoms with van der Waals surface area (Å²) >= 11 is 0. The lowest BCUT2D eigenvalue weighted by Gasteiger charge is -2.29. The second-order valence-corrected chi connectivity index (χ2v) is 8.06. The standard InChI is InChI=1S/C18H32N6/c1-13(2)16-23-22-15-8-7-14(11-24(15)16)21-17(19-4)20-12-18(3)9-5-6-10-18/h13-14H,5-12H2,1-4H3,(H2,19,20,21). The molecule has 1 aliphatic heterocycles. The molecule has 0 saturated heterocycles. The molecular weight excluding hydrogens is 300 g/mol. The molecule has 6 nitrogen and oxygen atoms in total. The number of rotatable bonds is 4. The van der Waals surface area contributed by atoms with Gasteiger partial charge in [-0.1, -0.05) is 33.6 Å². The largest absolute Gasteiger partial charge is 0.356 e. The molecule has 3 rings (SSSR count). The first-order chi connectivity index (χ1) is 11.5. The van der Waals surface area contributed by atoms with E-state index in [1.165, 1.54) is 25.7 Å². The van der Waals surface area contributed by atoms with E-state index in [-0.39, 0.29) is 0 Å². The molecule has 0 radical (unpaired) electrons. The lowest BCUT2D eigenvalue weighted by Crippen LogP contribution is -2.49. The van der Waals surface area contributed by atoms with Gasteiger partial charge in [-0.3, -0.25) is 4.99 Å². The summed E-state index contributed by atoms with van der Waals surface area (Å²) in [5.74, 6) is 3.55. The van der Waals surface area contributed by atoms with E-state index in [0.717, 1.165) is 43.5 Å². The van der Waals surface area contributed by atoms with Crippen LogP contribution in [0.1, 0.15) is 70.4 Å². The first kappa shape index (κ1) is 17.2. The van der Waals surface area contributed by atoms with Crippen LogP contribution in [0.3, 0.4) is 0 Å². The number of hydrogen-bond acceptors (Lipinski definition) is 3. The maximum atomic E-state index is 4.43. The van der Waals surface area contributed by atoms with Crippen LogP contribution in [-0.2, 0) is 13.0 Å². The van der Waals surface area contributed by atoms with Crippen molar-refractivity contribution in [3.05, 3.63) is 11.6 Å². The Morgan fingerprint density at radius 1 is 1.33 bits per heavy atom. The molecule has 134 valence electrons. The van der Waals surface area contributed by atoms with Gasteiger partial charge in [-0.2, -0.15) is 0 Å². The second kappa shape index (κ2) is 7.11. The predicted molar refractivity (Wildman–Crippen MR) is 97.3 cm³/mol. The number of nitrogens with one attached hydrogen (secondary N) is 2. The highest BCUT2D eigenvalue weighted by molar-refractivity contribution is 5.80. The van der Waals surface area contributed by atoms with E-state index in [1.807, 2.05) is 7.05 Å². The molecule has 24 heavy (non-hydrogen) atoms. The number of aliphatic imine (C=N–C) groups is 1. The average Bonchev–Trinajstić information content (AvgIpc) is 3.17. The summed E-state index contributed by atoms with van der Waals surface area (Å²) in [6, 6.07) is 0.383. The van der Waals surface area contributed by atoms with Gasteiger partial charge in [-0.15, -0.1) is 10.2 Å². The van der Waals surface area contributed by atoms with Gasteiger partial charge in [0.1, 0.15) is 11.6 Å². The monoisotopic (exact) mass is 332 g/mol. The Bertz CT molecular complexity index is 582. The second-order valence-electron chi connectivity index (χ2n) is 8.06. The zero-order chi connectivity index (χ0) is 17.2. The molecule has 1 aliphatic carbocycles. The lowest BCUT2D eigenvalue weighted by molar-refractivity contribution is 0.331. The van der Waals surface area contributed by atoms with Crippen molar-refractivity contribution < 1.29 is 0 Å². The summed E-state index contributed by atoms with van der Waals surface area (Å²) < 4.78 is 2.29. The van der Waals surface area contributed by atoms with Crippen molar-refractivity contribution in [3.8, 4) is 0 Å². The first-order valence-corrected chi connectivity index (χ1v) is 9.40. The minimum absolute atomic E-state index is 0.383. The van der Waals surface area contributed by atoms with Crippen molar-refractivity contribution in [3.63, 3.8) is 0 Å². The number of aromatic nitrogens is 3. The topological polar surface area (TPSA) is 67.1 Å². The van der Waals surface area contributed by atoms with Gasteiger partial charge >= 0.3 is 0 Å². The maximum absolute atomic E-state index is 4.43. The Labute approximate surface area is 145 Å². The Kier molecular flexibility index (Phi) is 5.11. The summed E-state index contributed by atoms with van der Waals surface area (Å²) in [4.78, 5) is 4.43.